The van der Waals surface area contributed by atoms with Crippen molar-refractivity contribution in [2.75, 3.05) is 6.54 Å². The predicted octanol–water partition coefficient (Wildman–Crippen LogP) is 5.57. The highest BCUT2D eigenvalue weighted by atomic mass is 16.6. The maximum Gasteiger partial charge on any atom is 0.325 e. The molecule has 0 saturated carbocycles. The normalized spacial score (nSPS) is 14.1. The van der Waals surface area contributed by atoms with Crippen LogP contribution in [0.15, 0.2) is 115 Å². The maximum absolute atomic E-state index is 13.9. The molecule has 1 atom stereocenters. The van der Waals surface area contributed by atoms with Crippen molar-refractivity contribution in [3.05, 3.63) is 143 Å². The van der Waals surface area contributed by atoms with E-state index in [0.717, 1.165) is 21.6 Å². The molecule has 6 heteroatoms. The van der Waals surface area contributed by atoms with Crippen LogP contribution >= 0.6 is 0 Å². The summed E-state index contributed by atoms with van der Waals surface area (Å²) in [7, 11) is 0. The summed E-state index contributed by atoms with van der Waals surface area (Å²) in [6.45, 7) is 5.18. The number of nitrogens with one attached hydrogen (secondary N) is 1. The zero-order chi connectivity index (χ0) is 28.3. The fraction of sp³-hybridized carbons (Fsp3) is 0.206. The molecule has 4 aromatic rings. The second-order valence-electron chi connectivity index (χ2n) is 10.8. The summed E-state index contributed by atoms with van der Waals surface area (Å²) in [5, 5.41) is 3.61. The Morgan fingerprint density at radius 2 is 1.05 bits per heavy atom. The number of ether oxygens (including phenoxy) is 1. The monoisotopic (exact) mass is 532 g/mol. The first-order chi connectivity index (χ1) is 19.2. The van der Waals surface area contributed by atoms with E-state index in [1.54, 1.807) is 45.0 Å². The van der Waals surface area contributed by atoms with Crippen LogP contribution < -0.4 is 5.32 Å². The van der Waals surface area contributed by atoms with Crippen molar-refractivity contribution in [1.82, 2.24) is 10.2 Å². The number of imide groups is 1. The van der Waals surface area contributed by atoms with Crippen LogP contribution in [0.3, 0.4) is 0 Å². The van der Waals surface area contributed by atoms with Crippen LogP contribution in [-0.4, -0.2) is 40.9 Å². The quantitative estimate of drug-likeness (QED) is 0.182. The molecule has 40 heavy (non-hydrogen) atoms. The number of rotatable bonds is 8. The van der Waals surface area contributed by atoms with Gasteiger partial charge in [0.2, 0.25) is 0 Å². The fourth-order valence-corrected chi connectivity index (χ4v) is 5.22. The summed E-state index contributed by atoms with van der Waals surface area (Å²) >= 11 is 0. The number of carbonyl (C=O) groups excluding carboxylic acids is 3. The minimum absolute atomic E-state index is 0.199. The van der Waals surface area contributed by atoms with Crippen molar-refractivity contribution in [3.8, 4) is 0 Å². The summed E-state index contributed by atoms with van der Waals surface area (Å²) < 4.78 is 5.86. The molecule has 202 valence electrons. The van der Waals surface area contributed by atoms with Gasteiger partial charge in [-0.3, -0.25) is 24.6 Å². The Hall–Kier alpha value is -4.55. The van der Waals surface area contributed by atoms with Gasteiger partial charge in [0.1, 0.15) is 11.6 Å². The molecule has 1 aliphatic rings. The average Bonchev–Trinajstić information content (AvgIpc) is 3.20. The van der Waals surface area contributed by atoms with Gasteiger partial charge >= 0.3 is 5.97 Å². The van der Waals surface area contributed by atoms with Crippen molar-refractivity contribution in [1.29, 1.82) is 0 Å². The lowest BCUT2D eigenvalue weighted by Gasteiger charge is -2.40. The van der Waals surface area contributed by atoms with Gasteiger partial charge in [0, 0.05) is 0 Å². The number of hydrogen-bond donors (Lipinski definition) is 1. The second kappa shape index (κ2) is 10.9. The SMILES string of the molecule is CC(C)(C)OC(=O)C(CN1C(=O)c2ccccc2C1=O)NC(c1ccccc1)(c1ccccc1)c1ccccc1. The standard InChI is InChI=1S/C34H32N2O4/c1-33(2,3)40-32(39)29(23-36-30(37)27-21-13-14-22-28(27)31(36)38)35-34(24-15-7-4-8-16-24,25-17-9-5-10-18-25)26-19-11-6-12-20-26/h4-22,29,35H,23H2,1-3H3. The molecule has 0 radical (unpaired) electrons. The first kappa shape index (κ1) is 27.0. The van der Waals surface area contributed by atoms with Crippen LogP contribution in [0, 0.1) is 0 Å². The van der Waals surface area contributed by atoms with Crippen molar-refractivity contribution in [2.45, 2.75) is 38.0 Å². The molecule has 0 aliphatic carbocycles. The van der Waals surface area contributed by atoms with Gasteiger partial charge < -0.3 is 4.74 Å². The number of benzene rings is 4. The van der Waals surface area contributed by atoms with E-state index in [0.29, 0.717) is 11.1 Å². The molecule has 5 rings (SSSR count). The van der Waals surface area contributed by atoms with Gasteiger partial charge in [0.05, 0.1) is 23.2 Å². The lowest BCUT2D eigenvalue weighted by Crippen LogP contribution is -2.58. The molecule has 4 aromatic carbocycles. The number of amides is 2. The zero-order valence-corrected chi connectivity index (χ0v) is 22.8. The van der Waals surface area contributed by atoms with Gasteiger partial charge in [0.25, 0.3) is 11.8 Å². The molecule has 0 aromatic heterocycles. The molecule has 2 amide bonds. The number of carbonyl (C=O) groups is 3. The average molecular weight is 533 g/mol. The largest absolute Gasteiger partial charge is 0.459 e. The molecule has 6 nitrogen and oxygen atoms in total. The molecule has 1 heterocycles. The van der Waals surface area contributed by atoms with E-state index in [-0.39, 0.29) is 6.54 Å². The highest BCUT2D eigenvalue weighted by molar-refractivity contribution is 6.21. The van der Waals surface area contributed by atoms with Crippen LogP contribution in [-0.2, 0) is 15.1 Å². The number of hydrogen-bond acceptors (Lipinski definition) is 5. The molecule has 0 fully saturated rings. The van der Waals surface area contributed by atoms with Crippen molar-refractivity contribution < 1.29 is 19.1 Å². The van der Waals surface area contributed by atoms with Gasteiger partial charge in [-0.2, -0.15) is 0 Å². The van der Waals surface area contributed by atoms with Crippen molar-refractivity contribution in [2.24, 2.45) is 0 Å². The van der Waals surface area contributed by atoms with Crippen LogP contribution in [0.4, 0.5) is 0 Å². The fourth-order valence-electron chi connectivity index (χ4n) is 5.22. The molecule has 0 saturated heterocycles. The summed E-state index contributed by atoms with van der Waals surface area (Å²) in [6, 6.07) is 35.2. The summed E-state index contributed by atoms with van der Waals surface area (Å²) in [5.41, 5.74) is 1.54. The Morgan fingerprint density at radius 1 is 0.675 bits per heavy atom. The van der Waals surface area contributed by atoms with Crippen LogP contribution in [0.25, 0.3) is 0 Å². The Balaban J connectivity index is 1.66. The van der Waals surface area contributed by atoms with E-state index in [2.05, 4.69) is 5.32 Å². The third-order valence-corrected chi connectivity index (χ3v) is 6.95. The molecular weight excluding hydrogens is 500 g/mol. The van der Waals surface area contributed by atoms with E-state index in [4.69, 9.17) is 4.74 Å². The first-order valence-corrected chi connectivity index (χ1v) is 13.3. The van der Waals surface area contributed by atoms with Gasteiger partial charge in [0.15, 0.2) is 0 Å². The van der Waals surface area contributed by atoms with E-state index >= 15 is 0 Å². The van der Waals surface area contributed by atoms with Gasteiger partial charge in [-0.25, -0.2) is 0 Å². The third-order valence-electron chi connectivity index (χ3n) is 6.95. The lowest BCUT2D eigenvalue weighted by atomic mass is 9.76. The van der Waals surface area contributed by atoms with E-state index < -0.39 is 35.0 Å². The van der Waals surface area contributed by atoms with Crippen LogP contribution in [0.1, 0.15) is 58.2 Å². The molecule has 0 spiro atoms. The Kier molecular flexibility index (Phi) is 7.37. The second-order valence-corrected chi connectivity index (χ2v) is 10.8. The highest BCUT2D eigenvalue weighted by Gasteiger charge is 2.44. The Labute approximate surface area is 234 Å². The molecule has 1 N–H and O–H groups in total. The van der Waals surface area contributed by atoms with Crippen LogP contribution in [0.2, 0.25) is 0 Å². The topological polar surface area (TPSA) is 75.7 Å². The zero-order valence-electron chi connectivity index (χ0n) is 22.8. The third kappa shape index (κ3) is 5.18. The molecule has 1 unspecified atom stereocenters. The predicted molar refractivity (Wildman–Crippen MR) is 154 cm³/mol. The van der Waals surface area contributed by atoms with Crippen LogP contribution in [0.5, 0.6) is 0 Å². The van der Waals surface area contributed by atoms with E-state index in [1.165, 1.54) is 0 Å². The summed E-state index contributed by atoms with van der Waals surface area (Å²) in [6.07, 6.45) is 0. The summed E-state index contributed by atoms with van der Waals surface area (Å²) in [4.78, 5) is 41.7. The smallest absolute Gasteiger partial charge is 0.325 e. The number of esters is 1. The van der Waals surface area contributed by atoms with Gasteiger partial charge in [-0.05, 0) is 49.6 Å². The van der Waals surface area contributed by atoms with Crippen molar-refractivity contribution >= 4 is 17.8 Å². The Morgan fingerprint density at radius 3 is 1.43 bits per heavy atom. The van der Waals surface area contributed by atoms with Gasteiger partial charge in [-0.15, -0.1) is 0 Å². The lowest BCUT2D eigenvalue weighted by molar-refractivity contribution is -0.158. The maximum atomic E-state index is 13.9. The van der Waals surface area contributed by atoms with Crippen molar-refractivity contribution in [3.63, 3.8) is 0 Å². The van der Waals surface area contributed by atoms with E-state index in [9.17, 15) is 14.4 Å². The molecular formula is C34H32N2O4. The summed E-state index contributed by atoms with van der Waals surface area (Å²) in [5.74, 6) is -1.42. The highest BCUT2D eigenvalue weighted by Crippen LogP contribution is 2.38. The Bertz CT molecular complexity index is 1380. The van der Waals surface area contributed by atoms with Gasteiger partial charge in [-0.1, -0.05) is 103 Å². The minimum atomic E-state index is -1.05. The number of fused-ring (bicyclic) bond motifs is 1. The van der Waals surface area contributed by atoms with E-state index in [1.807, 2.05) is 91.0 Å². The number of nitrogens with zero attached hydrogens (tertiary/aromatic N) is 1. The minimum Gasteiger partial charge on any atom is -0.459 e. The molecule has 0 bridgehead atoms. The molecule has 1 aliphatic heterocycles. The first-order valence-electron chi connectivity index (χ1n) is 13.3.